The Morgan fingerprint density at radius 2 is 1.71 bits per heavy atom. The number of anilines is 3. The van der Waals surface area contributed by atoms with Crippen LogP contribution in [0.15, 0.2) is 89.7 Å². The molecule has 0 atom stereocenters. The molecule has 1 heterocycles. The van der Waals surface area contributed by atoms with Crippen LogP contribution in [-0.4, -0.2) is 15.7 Å². The van der Waals surface area contributed by atoms with E-state index in [1.165, 1.54) is 22.9 Å². The summed E-state index contributed by atoms with van der Waals surface area (Å²) < 4.78 is 14.8. The molecule has 1 aliphatic carbocycles. The summed E-state index contributed by atoms with van der Waals surface area (Å²) in [6.45, 7) is 0.212. The molecule has 4 aromatic rings. The van der Waals surface area contributed by atoms with Gasteiger partial charge in [-0.15, -0.1) is 0 Å². The number of benzene rings is 3. The van der Waals surface area contributed by atoms with Gasteiger partial charge in [-0.2, -0.15) is 5.10 Å². The van der Waals surface area contributed by atoms with Gasteiger partial charge in [-0.1, -0.05) is 41.9 Å². The highest BCUT2D eigenvalue weighted by atomic mass is 35.5. The Hall–Kier alpha value is -3.97. The van der Waals surface area contributed by atoms with Crippen LogP contribution in [0.5, 0.6) is 0 Å². The molecular formula is C27H22ClFN4O2. The number of nitrogens with zero attached hydrogens (tertiary/aromatic N) is 2. The molecule has 0 unspecified atom stereocenters. The monoisotopic (exact) mass is 488 g/mol. The number of amides is 1. The minimum absolute atomic E-state index is 0.0615. The normalized spacial score (nSPS) is 13.8. The Morgan fingerprint density at radius 1 is 0.971 bits per heavy atom. The molecule has 6 nitrogen and oxygen atoms in total. The van der Waals surface area contributed by atoms with Crippen molar-refractivity contribution in [2.24, 2.45) is 0 Å². The molecular weight excluding hydrogens is 467 g/mol. The maximum atomic E-state index is 13.5. The SMILES string of the molecule is O=C(Nc1cccc(Cn2nc(Nc3cccc(F)c3)ccc2=O)c1)C1(c2ccc(Cl)cc2)CC1. The van der Waals surface area contributed by atoms with Gasteiger partial charge >= 0.3 is 0 Å². The van der Waals surface area contributed by atoms with Gasteiger partial charge in [0.05, 0.1) is 12.0 Å². The standard InChI is InChI=1S/C27H22ClFN4O2/c28-20-9-7-19(8-10-20)27(13-14-27)26(35)31-22-5-1-3-18(15-22)17-33-25(34)12-11-24(32-33)30-23-6-2-4-21(29)16-23/h1-12,15-16H,13-14,17H2,(H,30,32)(H,31,35). The van der Waals surface area contributed by atoms with E-state index in [2.05, 4.69) is 15.7 Å². The summed E-state index contributed by atoms with van der Waals surface area (Å²) in [5, 5.41) is 11.0. The molecule has 1 aromatic heterocycles. The van der Waals surface area contributed by atoms with Crippen LogP contribution in [0, 0.1) is 5.82 Å². The number of rotatable bonds is 7. The number of aromatic nitrogens is 2. The Morgan fingerprint density at radius 3 is 2.46 bits per heavy atom. The number of carbonyl (C=O) groups excluding carboxylic acids is 1. The second-order valence-corrected chi connectivity index (χ2v) is 9.03. The molecule has 5 rings (SSSR count). The van der Waals surface area contributed by atoms with E-state index >= 15 is 0 Å². The van der Waals surface area contributed by atoms with Crippen LogP contribution < -0.4 is 16.2 Å². The summed E-state index contributed by atoms with van der Waals surface area (Å²) in [6.07, 6.45) is 1.56. The highest BCUT2D eigenvalue weighted by Gasteiger charge is 2.51. The van der Waals surface area contributed by atoms with Gasteiger partial charge in [-0.3, -0.25) is 9.59 Å². The second kappa shape index (κ2) is 9.35. The third-order valence-corrected chi connectivity index (χ3v) is 6.31. The minimum Gasteiger partial charge on any atom is -0.339 e. The van der Waals surface area contributed by atoms with Gasteiger partial charge in [0.25, 0.3) is 5.56 Å². The van der Waals surface area contributed by atoms with E-state index in [-0.39, 0.29) is 23.8 Å². The number of nitrogens with one attached hydrogen (secondary N) is 2. The van der Waals surface area contributed by atoms with Crippen molar-refractivity contribution >= 4 is 34.7 Å². The second-order valence-electron chi connectivity index (χ2n) is 8.59. The van der Waals surface area contributed by atoms with E-state index in [1.807, 2.05) is 36.4 Å². The molecule has 176 valence electrons. The Labute approximate surface area is 206 Å². The maximum Gasteiger partial charge on any atom is 0.267 e. The molecule has 1 fully saturated rings. The van der Waals surface area contributed by atoms with Crippen LogP contribution >= 0.6 is 11.6 Å². The summed E-state index contributed by atoms with van der Waals surface area (Å²) in [7, 11) is 0. The fourth-order valence-electron chi connectivity index (χ4n) is 4.05. The van der Waals surface area contributed by atoms with Crippen molar-refractivity contribution < 1.29 is 9.18 Å². The number of halogens is 2. The van der Waals surface area contributed by atoms with Crippen LogP contribution in [0.25, 0.3) is 0 Å². The van der Waals surface area contributed by atoms with E-state index in [4.69, 9.17) is 11.6 Å². The summed E-state index contributed by atoms with van der Waals surface area (Å²) >= 11 is 5.99. The average Bonchev–Trinajstić information content (AvgIpc) is 3.64. The van der Waals surface area contributed by atoms with Crippen LogP contribution in [0.1, 0.15) is 24.0 Å². The van der Waals surface area contributed by atoms with Gasteiger partial charge in [0.2, 0.25) is 5.91 Å². The third-order valence-electron chi connectivity index (χ3n) is 6.06. The Kier molecular flexibility index (Phi) is 6.09. The third kappa shape index (κ3) is 5.10. The van der Waals surface area contributed by atoms with Gasteiger partial charge in [-0.25, -0.2) is 9.07 Å². The van der Waals surface area contributed by atoms with Crippen LogP contribution in [0.2, 0.25) is 5.02 Å². The maximum absolute atomic E-state index is 13.5. The number of carbonyl (C=O) groups is 1. The van der Waals surface area contributed by atoms with Crippen LogP contribution in [0.3, 0.4) is 0 Å². The molecule has 0 bridgehead atoms. The van der Waals surface area contributed by atoms with Crippen molar-refractivity contribution in [2.45, 2.75) is 24.8 Å². The first-order valence-corrected chi connectivity index (χ1v) is 11.6. The first-order valence-electron chi connectivity index (χ1n) is 11.2. The van der Waals surface area contributed by atoms with Crippen molar-refractivity contribution in [3.05, 3.63) is 117 Å². The topological polar surface area (TPSA) is 76.0 Å². The lowest BCUT2D eigenvalue weighted by Gasteiger charge is -2.16. The molecule has 35 heavy (non-hydrogen) atoms. The van der Waals surface area contributed by atoms with Crippen molar-refractivity contribution in [2.75, 3.05) is 10.6 Å². The van der Waals surface area contributed by atoms with Crippen molar-refractivity contribution in [1.82, 2.24) is 9.78 Å². The van der Waals surface area contributed by atoms with E-state index in [1.54, 1.807) is 30.3 Å². The van der Waals surface area contributed by atoms with Crippen molar-refractivity contribution in [3.8, 4) is 0 Å². The molecule has 3 aromatic carbocycles. The zero-order chi connectivity index (χ0) is 24.4. The first-order chi connectivity index (χ1) is 16.9. The quantitative estimate of drug-likeness (QED) is 0.360. The fraction of sp³-hybridized carbons (Fsp3) is 0.148. The van der Waals surface area contributed by atoms with E-state index in [9.17, 15) is 14.0 Å². The molecule has 1 saturated carbocycles. The molecule has 8 heteroatoms. The predicted molar refractivity (Wildman–Crippen MR) is 135 cm³/mol. The zero-order valence-electron chi connectivity index (χ0n) is 18.7. The molecule has 1 aliphatic rings. The molecule has 2 N–H and O–H groups in total. The van der Waals surface area contributed by atoms with Gasteiger partial charge in [0.1, 0.15) is 5.82 Å². The van der Waals surface area contributed by atoms with Crippen molar-refractivity contribution in [3.63, 3.8) is 0 Å². The smallest absolute Gasteiger partial charge is 0.267 e. The lowest BCUT2D eigenvalue weighted by atomic mass is 9.95. The summed E-state index contributed by atoms with van der Waals surface area (Å²) in [6, 6.07) is 23.7. The lowest BCUT2D eigenvalue weighted by molar-refractivity contribution is -0.118. The largest absolute Gasteiger partial charge is 0.339 e. The van der Waals surface area contributed by atoms with Crippen molar-refractivity contribution in [1.29, 1.82) is 0 Å². The summed E-state index contributed by atoms with van der Waals surface area (Å²) in [5.74, 6) is -0.0157. The van der Waals surface area contributed by atoms with Crippen LogP contribution in [0.4, 0.5) is 21.6 Å². The number of hydrogen-bond acceptors (Lipinski definition) is 4. The van der Waals surface area contributed by atoms with Gasteiger partial charge in [0, 0.05) is 22.5 Å². The lowest BCUT2D eigenvalue weighted by Crippen LogP contribution is -2.28. The Bertz CT molecular complexity index is 1450. The molecule has 0 spiro atoms. The van der Waals surface area contributed by atoms with E-state index in [0.29, 0.717) is 22.2 Å². The average molecular weight is 489 g/mol. The molecule has 0 radical (unpaired) electrons. The molecule has 1 amide bonds. The summed E-state index contributed by atoms with van der Waals surface area (Å²) in [5.41, 5.74) is 2.13. The van der Waals surface area contributed by atoms with Gasteiger partial charge < -0.3 is 10.6 Å². The first kappa shape index (κ1) is 22.8. The fourth-order valence-corrected chi connectivity index (χ4v) is 4.18. The highest BCUT2D eigenvalue weighted by molar-refractivity contribution is 6.30. The van der Waals surface area contributed by atoms with Gasteiger partial charge in [0.15, 0.2) is 5.82 Å². The Balaban J connectivity index is 1.31. The van der Waals surface area contributed by atoms with Crippen LogP contribution in [-0.2, 0) is 16.8 Å². The zero-order valence-corrected chi connectivity index (χ0v) is 19.4. The van der Waals surface area contributed by atoms with E-state index in [0.717, 1.165) is 24.0 Å². The highest BCUT2D eigenvalue weighted by Crippen LogP contribution is 2.49. The predicted octanol–water partition coefficient (Wildman–Crippen LogP) is 5.50. The number of hydrogen-bond donors (Lipinski definition) is 2. The molecule has 0 saturated heterocycles. The van der Waals surface area contributed by atoms with Gasteiger partial charge in [-0.05, 0) is 72.5 Å². The van der Waals surface area contributed by atoms with E-state index < -0.39 is 5.41 Å². The summed E-state index contributed by atoms with van der Waals surface area (Å²) in [4.78, 5) is 25.5. The minimum atomic E-state index is -0.532. The molecule has 0 aliphatic heterocycles.